The van der Waals surface area contributed by atoms with Crippen LogP contribution in [0.5, 0.6) is 0 Å². The van der Waals surface area contributed by atoms with Crippen molar-refractivity contribution < 1.29 is 57.8 Å². The van der Waals surface area contributed by atoms with E-state index in [-0.39, 0.29) is 48.6 Å². The Bertz CT molecular complexity index is 1000. The first-order valence-corrected chi connectivity index (χ1v) is 17.8. The zero-order valence-electron chi connectivity index (χ0n) is 27.1. The summed E-state index contributed by atoms with van der Waals surface area (Å²) in [6.45, 7) is 6.36. The molecular formula is C30H55N5NaO6P. The minimum atomic E-state index is -4.17. The van der Waals surface area contributed by atoms with Crippen molar-refractivity contribution in [2.75, 3.05) is 45.1 Å². The van der Waals surface area contributed by atoms with Gasteiger partial charge in [-0.05, 0) is 19.8 Å². The normalized spacial score (nSPS) is 13.7. The average Bonchev–Trinajstić information content (AvgIpc) is 3.39. The van der Waals surface area contributed by atoms with E-state index in [9.17, 15) is 9.46 Å². The SMILES string of the molecule is CCCCCCCCCCCCCCCCOCCCOP(=O)([O-])COC(COCC)Cn1cnc2c(N)ncnc21.[Na+]. The number of imidazole rings is 1. The molecule has 0 amide bonds. The molecule has 43 heavy (non-hydrogen) atoms. The zero-order chi connectivity index (χ0) is 30.3. The van der Waals surface area contributed by atoms with Gasteiger partial charge in [0.15, 0.2) is 19.1 Å². The molecular weight excluding hydrogens is 580 g/mol. The number of nitrogens with two attached hydrogens (primary N) is 1. The quantitative estimate of drug-likeness (QED) is 0.0840. The summed E-state index contributed by atoms with van der Waals surface area (Å²) in [7, 11) is -4.17. The number of rotatable bonds is 28. The third-order valence-electron chi connectivity index (χ3n) is 7.17. The van der Waals surface area contributed by atoms with E-state index in [1.807, 2.05) is 6.92 Å². The molecule has 0 fully saturated rings. The summed E-state index contributed by atoms with van der Waals surface area (Å²) >= 11 is 0. The second-order valence-corrected chi connectivity index (χ2v) is 12.6. The number of nitrogens with zero attached hydrogens (tertiary/aromatic N) is 4. The average molecular weight is 636 g/mol. The fourth-order valence-electron chi connectivity index (χ4n) is 4.75. The van der Waals surface area contributed by atoms with Gasteiger partial charge in [0.2, 0.25) is 0 Å². The van der Waals surface area contributed by atoms with E-state index in [1.165, 1.54) is 89.8 Å². The Kier molecular flexibility index (Phi) is 24.0. The number of ether oxygens (including phenoxy) is 3. The van der Waals surface area contributed by atoms with Crippen LogP contribution in [0.4, 0.5) is 5.82 Å². The topological polar surface area (TPSA) is 147 Å². The largest absolute Gasteiger partial charge is 1.00 e. The van der Waals surface area contributed by atoms with Gasteiger partial charge in [-0.3, -0.25) is 0 Å². The fourth-order valence-corrected chi connectivity index (χ4v) is 5.63. The molecule has 13 heteroatoms. The molecule has 0 spiro atoms. The Morgan fingerprint density at radius 1 is 0.837 bits per heavy atom. The summed E-state index contributed by atoms with van der Waals surface area (Å²) in [6, 6.07) is 0. The van der Waals surface area contributed by atoms with Gasteiger partial charge < -0.3 is 38.5 Å². The number of aromatic nitrogens is 4. The van der Waals surface area contributed by atoms with Crippen LogP contribution in [-0.2, 0) is 29.8 Å². The van der Waals surface area contributed by atoms with E-state index < -0.39 is 20.0 Å². The van der Waals surface area contributed by atoms with Gasteiger partial charge in [-0.25, -0.2) is 15.0 Å². The van der Waals surface area contributed by atoms with Crippen molar-refractivity contribution in [2.45, 2.75) is 123 Å². The van der Waals surface area contributed by atoms with Crippen LogP contribution in [0.3, 0.4) is 0 Å². The standard InChI is InChI=1S/C30H56N5O6P.Na/c1-3-5-6-7-8-9-10-11-12-13-14-15-16-17-19-39-20-18-21-41-42(36,37)26-40-27(23-38-4-2)22-35-25-34-28-29(31)32-24-33-30(28)35;/h24-25,27H,3-23,26H2,1-2H3,(H,36,37)(H2,31,32,33);/q;+1/p-1. The van der Waals surface area contributed by atoms with Crippen LogP contribution >= 0.6 is 7.60 Å². The van der Waals surface area contributed by atoms with Crippen LogP contribution in [0.1, 0.15) is 110 Å². The predicted molar refractivity (Wildman–Crippen MR) is 165 cm³/mol. The second-order valence-electron chi connectivity index (χ2n) is 10.9. The first-order chi connectivity index (χ1) is 20.5. The minimum Gasteiger partial charge on any atom is -0.777 e. The van der Waals surface area contributed by atoms with Crippen molar-refractivity contribution >= 4 is 24.6 Å². The van der Waals surface area contributed by atoms with Crippen LogP contribution in [0.25, 0.3) is 11.2 Å². The number of hydrogen-bond acceptors (Lipinski definition) is 10. The second kappa shape index (κ2) is 25.6. The first kappa shape index (κ1) is 40.4. The van der Waals surface area contributed by atoms with E-state index >= 15 is 0 Å². The Morgan fingerprint density at radius 2 is 1.44 bits per heavy atom. The summed E-state index contributed by atoms with van der Waals surface area (Å²) in [5, 5.41) is 0. The molecule has 2 aromatic rings. The molecule has 2 N–H and O–H groups in total. The molecule has 2 rings (SSSR count). The fraction of sp³-hybridized carbons (Fsp3) is 0.833. The maximum atomic E-state index is 12.4. The molecule has 0 saturated heterocycles. The number of nitrogen functional groups attached to an aromatic ring is 1. The van der Waals surface area contributed by atoms with Gasteiger partial charge in [0.1, 0.15) is 18.2 Å². The van der Waals surface area contributed by atoms with E-state index in [0.29, 0.717) is 44.0 Å². The summed E-state index contributed by atoms with van der Waals surface area (Å²) < 4.78 is 36.1. The van der Waals surface area contributed by atoms with Crippen LogP contribution in [0.15, 0.2) is 12.7 Å². The molecule has 11 nitrogen and oxygen atoms in total. The van der Waals surface area contributed by atoms with Gasteiger partial charge in [-0.1, -0.05) is 90.4 Å². The molecule has 242 valence electrons. The van der Waals surface area contributed by atoms with Gasteiger partial charge in [-0.2, -0.15) is 0 Å². The smallest absolute Gasteiger partial charge is 0.777 e. The number of unbranched alkanes of at least 4 members (excludes halogenated alkanes) is 13. The molecule has 2 atom stereocenters. The Morgan fingerprint density at radius 3 is 2.07 bits per heavy atom. The predicted octanol–water partition coefficient (Wildman–Crippen LogP) is 3.25. The van der Waals surface area contributed by atoms with E-state index in [4.69, 9.17) is 24.5 Å². The van der Waals surface area contributed by atoms with Crippen molar-refractivity contribution in [3.8, 4) is 0 Å². The molecule has 0 aliphatic heterocycles. The summed E-state index contributed by atoms with van der Waals surface area (Å²) in [5.74, 6) is 0.280. The van der Waals surface area contributed by atoms with Crippen LogP contribution in [0, 0.1) is 0 Å². The zero-order valence-corrected chi connectivity index (χ0v) is 29.9. The molecule has 2 unspecified atom stereocenters. The van der Waals surface area contributed by atoms with Crippen molar-refractivity contribution in [3.05, 3.63) is 12.7 Å². The third kappa shape index (κ3) is 18.8. The number of hydrogen-bond donors (Lipinski definition) is 1. The van der Waals surface area contributed by atoms with Gasteiger partial charge in [-0.15, -0.1) is 0 Å². The molecule has 2 heterocycles. The van der Waals surface area contributed by atoms with Crippen molar-refractivity contribution in [3.63, 3.8) is 0 Å². The third-order valence-corrected chi connectivity index (χ3v) is 8.21. The van der Waals surface area contributed by atoms with Crippen molar-refractivity contribution in [1.29, 1.82) is 0 Å². The Balaban J connectivity index is 0.00000924. The van der Waals surface area contributed by atoms with Crippen molar-refractivity contribution in [1.82, 2.24) is 19.5 Å². The van der Waals surface area contributed by atoms with Gasteiger partial charge in [0, 0.05) is 19.8 Å². The van der Waals surface area contributed by atoms with E-state index in [2.05, 4.69) is 21.9 Å². The van der Waals surface area contributed by atoms with Crippen LogP contribution in [-0.4, -0.2) is 65.0 Å². The molecule has 0 radical (unpaired) electrons. The monoisotopic (exact) mass is 635 g/mol. The molecule has 0 aliphatic carbocycles. The maximum Gasteiger partial charge on any atom is 1.00 e. The minimum absolute atomic E-state index is 0. The molecule has 2 aromatic heterocycles. The van der Waals surface area contributed by atoms with Crippen LogP contribution < -0.4 is 40.2 Å². The first-order valence-electron chi connectivity index (χ1n) is 16.1. The molecule has 0 aromatic carbocycles. The maximum absolute atomic E-state index is 12.4. The Labute approximate surface area is 281 Å². The van der Waals surface area contributed by atoms with Gasteiger partial charge in [0.05, 0.1) is 32.2 Å². The van der Waals surface area contributed by atoms with Gasteiger partial charge >= 0.3 is 29.6 Å². The number of fused-ring (bicyclic) bond motifs is 1. The van der Waals surface area contributed by atoms with Gasteiger partial charge in [0.25, 0.3) is 0 Å². The van der Waals surface area contributed by atoms with E-state index in [0.717, 1.165) is 6.42 Å². The summed E-state index contributed by atoms with van der Waals surface area (Å²) in [6.07, 6.45) is 20.9. The van der Waals surface area contributed by atoms with E-state index in [1.54, 1.807) is 10.9 Å². The molecule has 0 saturated carbocycles. The summed E-state index contributed by atoms with van der Waals surface area (Å²) in [4.78, 5) is 24.8. The number of anilines is 1. The summed E-state index contributed by atoms with van der Waals surface area (Å²) in [5.41, 5.74) is 6.88. The van der Waals surface area contributed by atoms with Crippen LogP contribution in [0.2, 0.25) is 0 Å². The molecule has 0 bridgehead atoms. The Hall–Kier alpha value is -0.620. The molecule has 0 aliphatic rings. The van der Waals surface area contributed by atoms with Crippen molar-refractivity contribution in [2.24, 2.45) is 0 Å².